The number of rotatable bonds is 6. The number of pyridine rings is 1. The smallest absolute Gasteiger partial charge is 0.244 e. The molecule has 0 bridgehead atoms. The van der Waals surface area contributed by atoms with Gasteiger partial charge in [0.15, 0.2) is 0 Å². The van der Waals surface area contributed by atoms with Crippen molar-refractivity contribution in [3.8, 4) is 5.75 Å². The molecule has 30 heavy (non-hydrogen) atoms. The molecule has 0 saturated carbocycles. The molecule has 3 heterocycles. The van der Waals surface area contributed by atoms with Crippen LogP contribution in [0, 0.1) is 6.92 Å². The van der Waals surface area contributed by atoms with Gasteiger partial charge < -0.3 is 14.5 Å². The number of ether oxygens (including phenoxy) is 1. The van der Waals surface area contributed by atoms with Crippen molar-refractivity contribution < 1.29 is 17.6 Å². The number of benzene rings is 1. The summed E-state index contributed by atoms with van der Waals surface area (Å²) >= 11 is 0. The van der Waals surface area contributed by atoms with Crippen LogP contribution in [0.3, 0.4) is 0 Å². The lowest BCUT2D eigenvalue weighted by molar-refractivity contribution is 0.346. The Labute approximate surface area is 177 Å². The van der Waals surface area contributed by atoms with Gasteiger partial charge in [-0.05, 0) is 57.0 Å². The minimum absolute atomic E-state index is 0.138. The fraction of sp³-hybridized carbons (Fsp3) is 0.409. The van der Waals surface area contributed by atoms with Crippen molar-refractivity contribution in [2.24, 2.45) is 0 Å². The van der Waals surface area contributed by atoms with E-state index in [0.717, 1.165) is 47.3 Å². The maximum absolute atomic E-state index is 12.8. The van der Waals surface area contributed by atoms with Crippen LogP contribution in [0.4, 0.5) is 5.82 Å². The average molecular weight is 430 g/mol. The van der Waals surface area contributed by atoms with Crippen LogP contribution in [-0.2, 0) is 10.0 Å². The van der Waals surface area contributed by atoms with Gasteiger partial charge in [-0.1, -0.05) is 6.42 Å². The van der Waals surface area contributed by atoms with Gasteiger partial charge in [0, 0.05) is 30.2 Å². The molecule has 1 N–H and O–H groups in total. The van der Waals surface area contributed by atoms with Gasteiger partial charge in [0.05, 0.1) is 13.2 Å². The Hall–Kier alpha value is -2.58. The van der Waals surface area contributed by atoms with E-state index >= 15 is 0 Å². The van der Waals surface area contributed by atoms with Crippen LogP contribution in [-0.4, -0.2) is 37.9 Å². The predicted octanol–water partition coefficient (Wildman–Crippen LogP) is 4.49. The van der Waals surface area contributed by atoms with Gasteiger partial charge in [0.2, 0.25) is 10.0 Å². The van der Waals surface area contributed by atoms with Gasteiger partial charge in [-0.3, -0.25) is 0 Å². The van der Waals surface area contributed by atoms with Crippen LogP contribution in [0.5, 0.6) is 5.75 Å². The molecule has 1 fully saturated rings. The molecule has 0 amide bonds. The highest BCUT2D eigenvalue weighted by molar-refractivity contribution is 7.89. The number of nitrogens with zero attached hydrogens (tertiary/aromatic N) is 2. The number of fused-ring (bicyclic) bond motifs is 1. The molecule has 8 heteroatoms. The molecule has 1 saturated heterocycles. The Morgan fingerprint density at radius 3 is 2.60 bits per heavy atom. The topological polar surface area (TPSA) is 84.7 Å². The number of hydrogen-bond donors (Lipinski definition) is 1. The summed E-state index contributed by atoms with van der Waals surface area (Å²) in [5.41, 5.74) is 1.83. The van der Waals surface area contributed by atoms with Crippen molar-refractivity contribution in [2.45, 2.75) is 44.0 Å². The van der Waals surface area contributed by atoms with Crippen LogP contribution in [0.2, 0.25) is 0 Å². The first-order valence-electron chi connectivity index (χ1n) is 10.2. The largest absolute Gasteiger partial charge is 0.497 e. The number of methoxy groups -OCH3 is 1. The van der Waals surface area contributed by atoms with E-state index in [1.54, 1.807) is 23.5 Å². The normalized spacial score (nSPS) is 16.5. The van der Waals surface area contributed by atoms with Gasteiger partial charge >= 0.3 is 0 Å². The molecule has 3 aromatic rings. The van der Waals surface area contributed by atoms with Gasteiger partial charge in [-0.15, -0.1) is 0 Å². The van der Waals surface area contributed by atoms with Crippen molar-refractivity contribution in [2.75, 3.05) is 25.5 Å². The SMILES string of the molecule is COc1ccc2oc(C(C)Nc3ccc(S(=O)(=O)N4CCCCC4)cn3)c(C)c2c1. The predicted molar refractivity (Wildman–Crippen MR) is 116 cm³/mol. The molecule has 1 aliphatic heterocycles. The zero-order valence-corrected chi connectivity index (χ0v) is 18.3. The molecule has 0 aliphatic carbocycles. The third-order valence-electron chi connectivity index (χ3n) is 5.63. The maximum Gasteiger partial charge on any atom is 0.244 e. The Morgan fingerprint density at radius 1 is 1.17 bits per heavy atom. The lowest BCUT2D eigenvalue weighted by atomic mass is 10.1. The Bertz CT molecular complexity index is 1130. The fourth-order valence-electron chi connectivity index (χ4n) is 3.92. The highest BCUT2D eigenvalue weighted by atomic mass is 32.2. The summed E-state index contributed by atoms with van der Waals surface area (Å²) in [4.78, 5) is 4.57. The second kappa shape index (κ2) is 8.28. The van der Waals surface area contributed by atoms with E-state index in [9.17, 15) is 8.42 Å². The quantitative estimate of drug-likeness (QED) is 0.621. The minimum atomic E-state index is -3.48. The monoisotopic (exact) mass is 429 g/mol. The molecule has 1 unspecified atom stereocenters. The van der Waals surface area contributed by atoms with Crippen molar-refractivity contribution in [3.63, 3.8) is 0 Å². The Morgan fingerprint density at radius 2 is 1.93 bits per heavy atom. The summed E-state index contributed by atoms with van der Waals surface area (Å²) in [5, 5.41) is 4.31. The zero-order valence-electron chi connectivity index (χ0n) is 17.5. The molecule has 1 aromatic carbocycles. The van der Waals surface area contributed by atoms with E-state index in [-0.39, 0.29) is 10.9 Å². The second-order valence-electron chi connectivity index (χ2n) is 7.66. The molecule has 0 radical (unpaired) electrons. The third-order valence-corrected chi connectivity index (χ3v) is 7.51. The second-order valence-corrected chi connectivity index (χ2v) is 9.60. The highest BCUT2D eigenvalue weighted by Crippen LogP contribution is 2.33. The van der Waals surface area contributed by atoms with Crippen LogP contribution in [0.1, 0.15) is 43.6 Å². The number of piperidine rings is 1. The van der Waals surface area contributed by atoms with Crippen LogP contribution in [0.15, 0.2) is 45.8 Å². The molecule has 2 aromatic heterocycles. The number of hydrogen-bond acceptors (Lipinski definition) is 6. The summed E-state index contributed by atoms with van der Waals surface area (Å²) in [6.45, 7) is 5.16. The highest BCUT2D eigenvalue weighted by Gasteiger charge is 2.26. The first-order chi connectivity index (χ1) is 14.4. The summed E-state index contributed by atoms with van der Waals surface area (Å²) < 4.78 is 38.5. The average Bonchev–Trinajstić information content (AvgIpc) is 3.10. The molecular formula is C22H27N3O4S. The minimum Gasteiger partial charge on any atom is -0.497 e. The van der Waals surface area contributed by atoms with Crippen molar-refractivity contribution >= 4 is 26.8 Å². The molecule has 160 valence electrons. The van der Waals surface area contributed by atoms with E-state index in [2.05, 4.69) is 10.3 Å². The van der Waals surface area contributed by atoms with Crippen molar-refractivity contribution in [1.29, 1.82) is 0 Å². The summed E-state index contributed by atoms with van der Waals surface area (Å²) in [7, 11) is -1.84. The van der Waals surface area contributed by atoms with Crippen LogP contribution < -0.4 is 10.1 Å². The fourth-order valence-corrected chi connectivity index (χ4v) is 5.38. The zero-order chi connectivity index (χ0) is 21.3. The van der Waals surface area contributed by atoms with Gasteiger partial charge in [-0.25, -0.2) is 13.4 Å². The number of aryl methyl sites for hydroxylation is 1. The van der Waals surface area contributed by atoms with E-state index in [1.807, 2.05) is 32.0 Å². The van der Waals surface area contributed by atoms with E-state index in [0.29, 0.717) is 18.9 Å². The number of anilines is 1. The molecule has 1 aliphatic rings. The Kier molecular flexibility index (Phi) is 5.71. The lowest BCUT2D eigenvalue weighted by Crippen LogP contribution is -2.35. The maximum atomic E-state index is 12.8. The summed E-state index contributed by atoms with van der Waals surface area (Å²) in [6, 6.07) is 8.91. The van der Waals surface area contributed by atoms with E-state index in [4.69, 9.17) is 9.15 Å². The lowest BCUT2D eigenvalue weighted by Gasteiger charge is -2.25. The third kappa shape index (κ3) is 3.89. The van der Waals surface area contributed by atoms with E-state index < -0.39 is 10.0 Å². The van der Waals surface area contributed by atoms with Gasteiger partial charge in [-0.2, -0.15) is 4.31 Å². The molecule has 7 nitrogen and oxygen atoms in total. The standard InChI is InChI=1S/C22H27N3O4S/c1-15-19-13-17(28-3)7-9-20(19)29-22(15)16(2)24-21-10-8-18(14-23-21)30(26,27)25-11-5-4-6-12-25/h7-10,13-14,16H,4-6,11-12H2,1-3H3,(H,23,24). The van der Waals surface area contributed by atoms with Crippen LogP contribution >= 0.6 is 0 Å². The Balaban J connectivity index is 1.52. The van der Waals surface area contributed by atoms with Crippen molar-refractivity contribution in [1.82, 2.24) is 9.29 Å². The first-order valence-corrected chi connectivity index (χ1v) is 11.6. The molecule has 1 atom stereocenters. The first kappa shape index (κ1) is 20.7. The molecule has 0 spiro atoms. The number of furan rings is 1. The molecular weight excluding hydrogens is 402 g/mol. The van der Waals surface area contributed by atoms with Crippen LogP contribution in [0.25, 0.3) is 11.0 Å². The summed E-state index contributed by atoms with van der Waals surface area (Å²) in [5.74, 6) is 2.19. The number of sulfonamides is 1. The van der Waals surface area contributed by atoms with Crippen molar-refractivity contribution in [3.05, 3.63) is 47.9 Å². The van der Waals surface area contributed by atoms with Gasteiger partial charge in [0.1, 0.15) is 27.8 Å². The number of aromatic nitrogens is 1. The summed E-state index contributed by atoms with van der Waals surface area (Å²) in [6.07, 6.45) is 4.33. The van der Waals surface area contributed by atoms with Gasteiger partial charge in [0.25, 0.3) is 0 Å². The molecule has 4 rings (SSSR count). The van der Waals surface area contributed by atoms with E-state index in [1.165, 1.54) is 6.20 Å². The number of nitrogens with one attached hydrogen (secondary N) is 1.